The van der Waals surface area contributed by atoms with Crippen molar-refractivity contribution in [1.82, 2.24) is 10.2 Å². The van der Waals surface area contributed by atoms with Crippen LogP contribution in [0.5, 0.6) is 0 Å². The number of amides is 1. The molecule has 0 aliphatic carbocycles. The largest absolute Gasteiger partial charge is 0.465 e. The summed E-state index contributed by atoms with van der Waals surface area (Å²) in [7, 11) is 3.83. The van der Waals surface area contributed by atoms with E-state index in [0.717, 1.165) is 22.6 Å². The molecule has 0 bridgehead atoms. The number of hydrogen-bond acceptors (Lipinski definition) is 5. The molecule has 0 saturated heterocycles. The Labute approximate surface area is 157 Å². The van der Waals surface area contributed by atoms with Gasteiger partial charge in [-0.2, -0.15) is 0 Å². The Bertz CT molecular complexity index is 1050. The van der Waals surface area contributed by atoms with Gasteiger partial charge < -0.3 is 14.2 Å². The molecule has 1 aromatic carbocycles. The SMILES string of the molecule is Cc1cc(C)c2oc(C(=O)NC[C@H](c3ccc(C)o3)N(C)C)cc(=O)c2c1. The van der Waals surface area contributed by atoms with E-state index in [9.17, 15) is 9.59 Å². The topological polar surface area (TPSA) is 75.7 Å². The van der Waals surface area contributed by atoms with E-state index in [1.165, 1.54) is 6.07 Å². The van der Waals surface area contributed by atoms with Crippen molar-refractivity contribution in [3.63, 3.8) is 0 Å². The lowest BCUT2D eigenvalue weighted by Gasteiger charge is -2.22. The molecule has 0 unspecified atom stereocenters. The molecule has 27 heavy (non-hydrogen) atoms. The molecule has 6 nitrogen and oxygen atoms in total. The first kappa shape index (κ1) is 18.9. The predicted octanol–water partition coefficient (Wildman–Crippen LogP) is 3.34. The van der Waals surface area contributed by atoms with Crippen LogP contribution < -0.4 is 10.7 Å². The van der Waals surface area contributed by atoms with E-state index >= 15 is 0 Å². The van der Waals surface area contributed by atoms with Crippen molar-refractivity contribution in [2.24, 2.45) is 0 Å². The van der Waals surface area contributed by atoms with Crippen LogP contribution in [0, 0.1) is 20.8 Å². The molecule has 2 aromatic heterocycles. The van der Waals surface area contributed by atoms with E-state index in [2.05, 4.69) is 5.32 Å². The fraction of sp³-hybridized carbons (Fsp3) is 0.333. The Balaban J connectivity index is 1.84. The Hall–Kier alpha value is -2.86. The van der Waals surface area contributed by atoms with Gasteiger partial charge in [0.25, 0.3) is 5.91 Å². The van der Waals surface area contributed by atoms with Crippen molar-refractivity contribution in [1.29, 1.82) is 0 Å². The summed E-state index contributed by atoms with van der Waals surface area (Å²) >= 11 is 0. The van der Waals surface area contributed by atoms with Gasteiger partial charge in [0.15, 0.2) is 11.2 Å². The van der Waals surface area contributed by atoms with Gasteiger partial charge in [0.1, 0.15) is 17.1 Å². The molecule has 0 fully saturated rings. The number of nitrogens with zero attached hydrogens (tertiary/aromatic N) is 1. The van der Waals surface area contributed by atoms with E-state index in [-0.39, 0.29) is 17.2 Å². The van der Waals surface area contributed by atoms with Crippen LogP contribution in [0.3, 0.4) is 0 Å². The van der Waals surface area contributed by atoms with Crippen LogP contribution in [0.2, 0.25) is 0 Å². The summed E-state index contributed by atoms with van der Waals surface area (Å²) < 4.78 is 11.4. The first-order chi connectivity index (χ1) is 12.8. The molecule has 0 spiro atoms. The molecule has 3 rings (SSSR count). The summed E-state index contributed by atoms with van der Waals surface area (Å²) in [4.78, 5) is 27.0. The van der Waals surface area contributed by atoms with Crippen molar-refractivity contribution in [3.05, 3.63) is 69.0 Å². The van der Waals surface area contributed by atoms with Gasteiger partial charge in [-0.1, -0.05) is 6.07 Å². The maximum absolute atomic E-state index is 12.6. The Morgan fingerprint density at radius 2 is 1.85 bits per heavy atom. The van der Waals surface area contributed by atoms with Gasteiger partial charge in [-0.05, 0) is 64.2 Å². The van der Waals surface area contributed by atoms with Crippen LogP contribution in [0.4, 0.5) is 0 Å². The molecular formula is C21H24N2O4. The molecule has 1 atom stereocenters. The smallest absolute Gasteiger partial charge is 0.287 e. The summed E-state index contributed by atoms with van der Waals surface area (Å²) in [5.74, 6) is 1.16. The highest BCUT2D eigenvalue weighted by molar-refractivity contribution is 5.93. The maximum Gasteiger partial charge on any atom is 0.287 e. The lowest BCUT2D eigenvalue weighted by atomic mass is 10.1. The zero-order valence-electron chi connectivity index (χ0n) is 16.3. The standard InChI is InChI=1S/C21H24N2O4/c1-12-8-13(2)20-15(9-12)17(24)10-19(27-20)21(25)22-11-16(23(4)5)18-7-6-14(3)26-18/h6-10,16H,11H2,1-5H3,(H,22,25)/t16-/m1/s1. The fourth-order valence-electron chi connectivity index (χ4n) is 3.17. The zero-order chi connectivity index (χ0) is 19.7. The number of hydrogen-bond donors (Lipinski definition) is 1. The predicted molar refractivity (Wildman–Crippen MR) is 104 cm³/mol. The maximum atomic E-state index is 12.6. The van der Waals surface area contributed by atoms with Crippen molar-refractivity contribution < 1.29 is 13.6 Å². The minimum Gasteiger partial charge on any atom is -0.465 e. The fourth-order valence-corrected chi connectivity index (χ4v) is 3.17. The minimum atomic E-state index is -0.427. The summed E-state index contributed by atoms with van der Waals surface area (Å²) in [6.45, 7) is 5.99. The van der Waals surface area contributed by atoms with Crippen molar-refractivity contribution in [2.45, 2.75) is 26.8 Å². The van der Waals surface area contributed by atoms with Crippen LogP contribution in [0.25, 0.3) is 11.0 Å². The summed E-state index contributed by atoms with van der Waals surface area (Å²) in [6, 6.07) is 8.61. The molecule has 0 aliphatic rings. The Morgan fingerprint density at radius 1 is 1.11 bits per heavy atom. The van der Waals surface area contributed by atoms with Gasteiger partial charge in [-0.3, -0.25) is 14.5 Å². The van der Waals surface area contributed by atoms with Crippen LogP contribution in [-0.4, -0.2) is 31.4 Å². The van der Waals surface area contributed by atoms with Gasteiger partial charge >= 0.3 is 0 Å². The normalized spacial score (nSPS) is 12.5. The van der Waals surface area contributed by atoms with Crippen molar-refractivity contribution >= 4 is 16.9 Å². The molecule has 0 saturated carbocycles. The number of nitrogens with one attached hydrogen (secondary N) is 1. The monoisotopic (exact) mass is 368 g/mol. The third-order valence-corrected chi connectivity index (χ3v) is 4.55. The number of furan rings is 1. The number of carbonyl (C=O) groups is 1. The number of fused-ring (bicyclic) bond motifs is 1. The number of rotatable bonds is 5. The Morgan fingerprint density at radius 3 is 2.48 bits per heavy atom. The van der Waals surface area contributed by atoms with Crippen LogP contribution >= 0.6 is 0 Å². The minimum absolute atomic E-state index is 0.00702. The first-order valence-corrected chi connectivity index (χ1v) is 8.82. The zero-order valence-corrected chi connectivity index (χ0v) is 16.3. The summed E-state index contributed by atoms with van der Waals surface area (Å²) in [5.41, 5.74) is 2.03. The van der Waals surface area contributed by atoms with Crippen molar-refractivity contribution in [3.8, 4) is 0 Å². The average molecular weight is 368 g/mol. The highest BCUT2D eigenvalue weighted by atomic mass is 16.3. The van der Waals surface area contributed by atoms with Gasteiger partial charge in [0.2, 0.25) is 0 Å². The van der Waals surface area contributed by atoms with E-state index in [4.69, 9.17) is 8.83 Å². The summed E-state index contributed by atoms with van der Waals surface area (Å²) in [5, 5.41) is 3.32. The lowest BCUT2D eigenvalue weighted by molar-refractivity contribution is 0.0911. The summed E-state index contributed by atoms with van der Waals surface area (Å²) in [6.07, 6.45) is 0. The van der Waals surface area contributed by atoms with Crippen LogP contribution in [0.15, 0.2) is 44.0 Å². The van der Waals surface area contributed by atoms with Gasteiger partial charge in [0, 0.05) is 12.6 Å². The number of aryl methyl sites for hydroxylation is 3. The van der Waals surface area contributed by atoms with E-state index in [1.807, 2.05) is 58.0 Å². The highest BCUT2D eigenvalue weighted by Crippen LogP contribution is 2.21. The van der Waals surface area contributed by atoms with E-state index in [0.29, 0.717) is 17.5 Å². The molecule has 142 valence electrons. The number of likely N-dealkylation sites (N-methyl/N-ethyl adjacent to an activating group) is 1. The Kier molecular flexibility index (Phi) is 5.19. The van der Waals surface area contributed by atoms with E-state index < -0.39 is 5.91 Å². The van der Waals surface area contributed by atoms with Gasteiger partial charge in [-0.25, -0.2) is 0 Å². The van der Waals surface area contributed by atoms with Crippen LogP contribution in [-0.2, 0) is 0 Å². The average Bonchev–Trinajstić information content (AvgIpc) is 3.01. The second-order valence-corrected chi connectivity index (χ2v) is 7.07. The molecular weight excluding hydrogens is 344 g/mol. The van der Waals surface area contributed by atoms with Gasteiger partial charge in [0.05, 0.1) is 11.4 Å². The number of carbonyl (C=O) groups excluding carboxylic acids is 1. The third-order valence-electron chi connectivity index (χ3n) is 4.55. The third kappa shape index (κ3) is 3.95. The second kappa shape index (κ2) is 7.40. The quantitative estimate of drug-likeness (QED) is 0.747. The molecule has 3 aromatic rings. The number of benzene rings is 1. The lowest BCUT2D eigenvalue weighted by Crippen LogP contribution is -2.34. The molecule has 0 radical (unpaired) electrons. The highest BCUT2D eigenvalue weighted by Gasteiger charge is 2.20. The second-order valence-electron chi connectivity index (χ2n) is 7.07. The van der Waals surface area contributed by atoms with Crippen molar-refractivity contribution in [2.75, 3.05) is 20.6 Å². The molecule has 6 heteroatoms. The van der Waals surface area contributed by atoms with Gasteiger partial charge in [-0.15, -0.1) is 0 Å². The molecule has 1 amide bonds. The molecule has 2 heterocycles. The molecule has 1 N–H and O–H groups in total. The van der Waals surface area contributed by atoms with Crippen LogP contribution in [0.1, 0.15) is 39.2 Å². The first-order valence-electron chi connectivity index (χ1n) is 8.82. The molecule has 0 aliphatic heterocycles. The van der Waals surface area contributed by atoms with E-state index in [1.54, 1.807) is 6.07 Å².